The van der Waals surface area contributed by atoms with Crippen LogP contribution in [-0.2, 0) is 38.1 Å². The van der Waals surface area contributed by atoms with Crippen molar-refractivity contribution >= 4 is 30.1 Å². The number of carbonyl (C=O) groups excluding carboxylic acids is 5. The summed E-state index contributed by atoms with van der Waals surface area (Å²) in [4.78, 5) is 58.4. The predicted molar refractivity (Wildman–Crippen MR) is 106 cm³/mol. The van der Waals surface area contributed by atoms with Gasteiger partial charge in [0.2, 0.25) is 0 Å². The molecule has 11 nitrogen and oxygen atoms in total. The topological polar surface area (TPSA) is 144 Å². The van der Waals surface area contributed by atoms with Crippen LogP contribution in [0.15, 0.2) is 24.3 Å². The number of methoxy groups -OCH3 is 1. The summed E-state index contributed by atoms with van der Waals surface area (Å²) in [5.41, 5.74) is 0.608. The molecule has 1 aliphatic rings. The molecule has 0 saturated carbocycles. The maximum atomic E-state index is 12.8. The van der Waals surface area contributed by atoms with Crippen molar-refractivity contribution in [3.05, 3.63) is 35.4 Å². The molecule has 0 aromatic heterocycles. The molecule has 1 aromatic rings. The molecule has 0 bridgehead atoms. The zero-order chi connectivity index (χ0) is 23.8. The second-order valence-corrected chi connectivity index (χ2v) is 6.97. The average molecular weight is 451 g/mol. The molecule has 1 amide bonds. The summed E-state index contributed by atoms with van der Waals surface area (Å²) in [7, 11) is 1.31. The molecular formula is C21H25NO10. The first kappa shape index (κ1) is 25.0. The fourth-order valence-electron chi connectivity index (χ4n) is 3.21. The molecule has 1 N–H and O–H groups in total. The number of aldehydes is 1. The van der Waals surface area contributed by atoms with E-state index in [9.17, 15) is 24.0 Å². The molecule has 0 radical (unpaired) electrons. The maximum Gasteiger partial charge on any atom is 0.303 e. The predicted octanol–water partition coefficient (Wildman–Crippen LogP) is 0.395. The summed E-state index contributed by atoms with van der Waals surface area (Å²) in [5.74, 6) is -2.57. The largest absolute Gasteiger partial charge is 0.463 e. The molecule has 1 fully saturated rings. The monoisotopic (exact) mass is 451 g/mol. The smallest absolute Gasteiger partial charge is 0.303 e. The van der Waals surface area contributed by atoms with E-state index in [2.05, 4.69) is 5.32 Å². The van der Waals surface area contributed by atoms with Gasteiger partial charge in [0, 0.05) is 39.0 Å². The first-order chi connectivity index (χ1) is 15.2. The molecule has 1 aromatic carbocycles. The minimum absolute atomic E-state index is 0.220. The Morgan fingerprint density at radius 2 is 1.56 bits per heavy atom. The summed E-state index contributed by atoms with van der Waals surface area (Å²) in [6.07, 6.45) is -3.94. The Kier molecular flexibility index (Phi) is 8.85. The number of hydrogen-bond acceptors (Lipinski definition) is 10. The van der Waals surface area contributed by atoms with Crippen LogP contribution >= 0.6 is 0 Å². The van der Waals surface area contributed by atoms with Gasteiger partial charge in [-0.05, 0) is 12.1 Å². The Hall–Kier alpha value is -3.31. The molecule has 2 rings (SSSR count). The highest BCUT2D eigenvalue weighted by atomic mass is 16.7. The maximum absolute atomic E-state index is 12.8. The lowest BCUT2D eigenvalue weighted by Gasteiger charge is -2.44. The Balaban J connectivity index is 2.36. The number of benzene rings is 1. The number of amides is 1. The average Bonchev–Trinajstić information content (AvgIpc) is 2.74. The molecule has 11 heteroatoms. The number of carbonyl (C=O) groups is 5. The molecule has 32 heavy (non-hydrogen) atoms. The van der Waals surface area contributed by atoms with Crippen LogP contribution in [0.4, 0.5) is 0 Å². The van der Waals surface area contributed by atoms with E-state index in [4.69, 9.17) is 23.7 Å². The van der Waals surface area contributed by atoms with Crippen LogP contribution in [-0.4, -0.2) is 74.5 Å². The van der Waals surface area contributed by atoms with E-state index in [0.717, 1.165) is 13.8 Å². The standard InChI is InChI=1S/C21H25NO10/c1-11(24)29-10-16-18(30-12(2)25)19(31-13(3)26)17(21(28-4)32-16)22-20(27)15-7-5-14(9-23)6-8-15/h5-9,16-19,21H,10H2,1-4H3,(H,22,27)/t16-,17-,18-,19-,21-/m1/s1. The van der Waals surface area contributed by atoms with Gasteiger partial charge in [0.1, 0.15) is 25.0 Å². The zero-order valence-corrected chi connectivity index (χ0v) is 18.1. The Labute approximate surface area is 184 Å². The van der Waals surface area contributed by atoms with Crippen LogP contribution < -0.4 is 5.32 Å². The van der Waals surface area contributed by atoms with Crippen molar-refractivity contribution in [1.29, 1.82) is 0 Å². The fraction of sp³-hybridized carbons (Fsp3) is 0.476. The second kappa shape index (κ2) is 11.3. The van der Waals surface area contributed by atoms with Crippen LogP contribution in [0.1, 0.15) is 41.5 Å². The third-order valence-electron chi connectivity index (χ3n) is 4.54. The van der Waals surface area contributed by atoms with Crippen molar-refractivity contribution in [2.24, 2.45) is 0 Å². The second-order valence-electron chi connectivity index (χ2n) is 6.97. The minimum Gasteiger partial charge on any atom is -0.463 e. The van der Waals surface area contributed by atoms with E-state index < -0.39 is 54.5 Å². The van der Waals surface area contributed by atoms with E-state index in [1.54, 1.807) is 0 Å². The van der Waals surface area contributed by atoms with Gasteiger partial charge in [-0.3, -0.25) is 24.0 Å². The third kappa shape index (κ3) is 6.59. The van der Waals surface area contributed by atoms with Gasteiger partial charge >= 0.3 is 17.9 Å². The minimum atomic E-state index is -1.21. The van der Waals surface area contributed by atoms with Crippen molar-refractivity contribution in [2.45, 2.75) is 51.4 Å². The van der Waals surface area contributed by atoms with Crippen LogP contribution in [0, 0.1) is 0 Å². The number of nitrogens with one attached hydrogen (secondary N) is 1. The van der Waals surface area contributed by atoms with Gasteiger partial charge in [-0.15, -0.1) is 0 Å². The highest BCUT2D eigenvalue weighted by molar-refractivity contribution is 5.95. The summed E-state index contributed by atoms with van der Waals surface area (Å²) in [5, 5.41) is 2.66. The van der Waals surface area contributed by atoms with Gasteiger partial charge in [-0.1, -0.05) is 12.1 Å². The summed E-state index contributed by atoms with van der Waals surface area (Å²) in [6, 6.07) is 4.73. The van der Waals surface area contributed by atoms with E-state index >= 15 is 0 Å². The van der Waals surface area contributed by atoms with Crippen molar-refractivity contribution in [2.75, 3.05) is 13.7 Å². The van der Waals surface area contributed by atoms with Crippen molar-refractivity contribution in [3.63, 3.8) is 0 Å². The SMILES string of the molecule is CO[C@@H]1O[C@H](COC(C)=O)[C@@H](OC(C)=O)[C@H](OC(C)=O)[C@H]1NC(=O)c1ccc(C=O)cc1. The highest BCUT2D eigenvalue weighted by Crippen LogP contribution is 2.28. The number of ether oxygens (including phenoxy) is 5. The van der Waals surface area contributed by atoms with Crippen molar-refractivity contribution < 1.29 is 47.7 Å². The van der Waals surface area contributed by atoms with Crippen LogP contribution in [0.25, 0.3) is 0 Å². The summed E-state index contributed by atoms with van der Waals surface area (Å²) < 4.78 is 26.8. The molecular weight excluding hydrogens is 426 g/mol. The number of rotatable bonds is 8. The fourth-order valence-corrected chi connectivity index (χ4v) is 3.21. The normalized spacial score (nSPS) is 24.7. The van der Waals surface area contributed by atoms with E-state index in [0.29, 0.717) is 11.8 Å². The lowest BCUT2D eigenvalue weighted by atomic mass is 9.95. The zero-order valence-electron chi connectivity index (χ0n) is 18.1. The van der Waals surface area contributed by atoms with Crippen molar-refractivity contribution in [3.8, 4) is 0 Å². The Morgan fingerprint density at radius 1 is 0.969 bits per heavy atom. The summed E-state index contributed by atoms with van der Waals surface area (Å²) >= 11 is 0. The van der Waals surface area contributed by atoms with Gasteiger partial charge in [-0.2, -0.15) is 0 Å². The van der Waals surface area contributed by atoms with Gasteiger partial charge < -0.3 is 29.0 Å². The third-order valence-corrected chi connectivity index (χ3v) is 4.54. The summed E-state index contributed by atoms with van der Waals surface area (Å²) in [6.45, 7) is 3.19. The quantitative estimate of drug-likeness (QED) is 0.335. The molecule has 5 atom stereocenters. The first-order valence-electron chi connectivity index (χ1n) is 9.68. The van der Waals surface area contributed by atoms with E-state index in [1.165, 1.54) is 38.3 Å². The number of hydrogen-bond donors (Lipinski definition) is 1. The van der Waals surface area contributed by atoms with Crippen molar-refractivity contribution in [1.82, 2.24) is 5.32 Å². The van der Waals surface area contributed by atoms with Gasteiger partial charge in [0.05, 0.1) is 0 Å². The van der Waals surface area contributed by atoms with Crippen LogP contribution in [0.3, 0.4) is 0 Å². The molecule has 0 unspecified atom stereocenters. The lowest BCUT2D eigenvalue weighted by Crippen LogP contribution is -2.66. The van der Waals surface area contributed by atoms with Gasteiger partial charge in [0.25, 0.3) is 5.91 Å². The van der Waals surface area contributed by atoms with Crippen LogP contribution in [0.5, 0.6) is 0 Å². The van der Waals surface area contributed by atoms with Crippen LogP contribution in [0.2, 0.25) is 0 Å². The first-order valence-corrected chi connectivity index (χ1v) is 9.68. The molecule has 174 valence electrons. The number of esters is 3. The van der Waals surface area contributed by atoms with Gasteiger partial charge in [-0.25, -0.2) is 0 Å². The lowest BCUT2D eigenvalue weighted by molar-refractivity contribution is -0.270. The van der Waals surface area contributed by atoms with E-state index in [1.807, 2.05) is 0 Å². The molecule has 0 spiro atoms. The molecule has 0 aliphatic carbocycles. The van der Waals surface area contributed by atoms with E-state index in [-0.39, 0.29) is 12.2 Å². The Bertz CT molecular complexity index is 853. The Morgan fingerprint density at radius 3 is 2.06 bits per heavy atom. The molecule has 1 saturated heterocycles. The molecule has 1 aliphatic heterocycles. The van der Waals surface area contributed by atoms with Gasteiger partial charge in [0.15, 0.2) is 18.5 Å². The highest BCUT2D eigenvalue weighted by Gasteiger charge is 2.51. The molecule has 1 heterocycles.